The van der Waals surface area contributed by atoms with Gasteiger partial charge in [-0.3, -0.25) is 14.5 Å². The number of nitrogens with zero attached hydrogens (tertiary/aromatic N) is 3. The molecule has 6 heteroatoms. The molecule has 0 aliphatic carbocycles. The van der Waals surface area contributed by atoms with E-state index in [2.05, 4.69) is 124 Å². The summed E-state index contributed by atoms with van der Waals surface area (Å²) in [4.78, 5) is 10.2. The molecule has 7 aromatic rings. The minimum absolute atomic E-state index is 0. The van der Waals surface area contributed by atoms with Crippen LogP contribution in [0.25, 0.3) is 50.0 Å². The molecule has 3 heterocycles. The Hall–Kier alpha value is -4.31. The SMILES string of the molecule is CC(C)c1cccc(C(C)C)c1-c1ccnc([Si](C)(C)c2[c-]c(-c3ccc4c5ccccc5n(-c5ccccc5O)c4n3)ccc2)c1.[Pt]. The first kappa shape index (κ1) is 33.6. The monoisotopic (exact) mass is 825 g/mol. The Kier molecular flexibility index (Phi) is 9.30. The van der Waals surface area contributed by atoms with Gasteiger partial charge < -0.3 is 5.11 Å². The Morgan fingerprint density at radius 2 is 1.42 bits per heavy atom. The predicted octanol–water partition coefficient (Wildman–Crippen LogP) is 9.48. The normalized spacial score (nSPS) is 11.8. The van der Waals surface area contributed by atoms with E-state index < -0.39 is 8.07 Å². The van der Waals surface area contributed by atoms with Gasteiger partial charge in [-0.05, 0) is 70.1 Å². The van der Waals surface area contributed by atoms with Crippen LogP contribution in [0, 0.1) is 6.07 Å². The van der Waals surface area contributed by atoms with Crippen molar-refractivity contribution >= 4 is 40.5 Å². The molecule has 0 saturated heterocycles. The third-order valence-electron chi connectivity index (χ3n) is 9.45. The minimum Gasteiger partial charge on any atom is -0.506 e. The van der Waals surface area contributed by atoms with Crippen LogP contribution in [-0.4, -0.2) is 27.7 Å². The van der Waals surface area contributed by atoms with Crippen LogP contribution in [0.4, 0.5) is 0 Å². The molecular formula is C42H40N3OPtSi-. The van der Waals surface area contributed by atoms with E-state index in [4.69, 9.17) is 9.97 Å². The molecule has 4 nitrogen and oxygen atoms in total. The number of aromatic hydroxyl groups is 1. The molecule has 0 spiro atoms. The number of hydrogen-bond acceptors (Lipinski definition) is 3. The summed E-state index contributed by atoms with van der Waals surface area (Å²) in [6.45, 7) is 13.8. The van der Waals surface area contributed by atoms with Crippen molar-refractivity contribution in [1.82, 2.24) is 14.5 Å². The smallest absolute Gasteiger partial charge is 0.139 e. The number of phenolic OH excluding ortho intramolecular Hbond substituents is 1. The van der Waals surface area contributed by atoms with Crippen LogP contribution >= 0.6 is 0 Å². The number of rotatable bonds is 7. The second-order valence-corrected chi connectivity index (χ2v) is 17.9. The summed E-state index contributed by atoms with van der Waals surface area (Å²) >= 11 is 0. The Labute approximate surface area is 298 Å². The second kappa shape index (κ2) is 13.3. The second-order valence-electron chi connectivity index (χ2n) is 13.6. The largest absolute Gasteiger partial charge is 0.506 e. The van der Waals surface area contributed by atoms with Crippen molar-refractivity contribution in [2.75, 3.05) is 0 Å². The molecule has 0 aliphatic rings. The fourth-order valence-electron chi connectivity index (χ4n) is 6.82. The Morgan fingerprint density at radius 3 is 2.15 bits per heavy atom. The zero-order chi connectivity index (χ0) is 32.9. The van der Waals surface area contributed by atoms with Crippen molar-refractivity contribution in [3.05, 3.63) is 133 Å². The van der Waals surface area contributed by atoms with Gasteiger partial charge in [-0.25, -0.2) is 0 Å². The molecule has 0 saturated carbocycles. The Balaban J connectivity index is 0.00000401. The average Bonchev–Trinajstić information content (AvgIpc) is 3.41. The van der Waals surface area contributed by atoms with Crippen LogP contribution in [0.2, 0.25) is 13.1 Å². The molecular weight excluding hydrogens is 786 g/mol. The molecule has 0 aliphatic heterocycles. The number of pyridine rings is 2. The van der Waals surface area contributed by atoms with E-state index in [0.717, 1.165) is 38.5 Å². The first-order valence-corrected chi connectivity index (χ1v) is 19.5. The maximum Gasteiger partial charge on any atom is 0.139 e. The van der Waals surface area contributed by atoms with E-state index in [-0.39, 0.29) is 26.8 Å². The number of aromatic nitrogens is 3. The van der Waals surface area contributed by atoms with Gasteiger partial charge >= 0.3 is 0 Å². The van der Waals surface area contributed by atoms with Crippen molar-refractivity contribution in [3.63, 3.8) is 0 Å². The first-order valence-electron chi connectivity index (χ1n) is 16.5. The number of fused-ring (bicyclic) bond motifs is 3. The van der Waals surface area contributed by atoms with Gasteiger partial charge in [0.05, 0.1) is 11.2 Å². The Bertz CT molecular complexity index is 2240. The molecule has 48 heavy (non-hydrogen) atoms. The summed E-state index contributed by atoms with van der Waals surface area (Å²) in [5.41, 5.74) is 9.66. The summed E-state index contributed by atoms with van der Waals surface area (Å²) in [6, 6.07) is 41.4. The molecule has 3 aromatic heterocycles. The summed E-state index contributed by atoms with van der Waals surface area (Å²) < 4.78 is 2.06. The summed E-state index contributed by atoms with van der Waals surface area (Å²) in [5, 5.41) is 15.3. The van der Waals surface area contributed by atoms with Crippen LogP contribution in [0.3, 0.4) is 0 Å². The van der Waals surface area contributed by atoms with E-state index in [1.54, 1.807) is 6.07 Å². The van der Waals surface area contributed by atoms with Gasteiger partial charge in [0.2, 0.25) is 0 Å². The van der Waals surface area contributed by atoms with Gasteiger partial charge in [0, 0.05) is 43.4 Å². The van der Waals surface area contributed by atoms with Gasteiger partial charge in [0.15, 0.2) is 0 Å². The molecule has 0 bridgehead atoms. The maximum absolute atomic E-state index is 10.8. The van der Waals surface area contributed by atoms with Crippen LogP contribution in [0.15, 0.2) is 115 Å². The van der Waals surface area contributed by atoms with Crippen molar-refractivity contribution < 1.29 is 26.2 Å². The van der Waals surface area contributed by atoms with E-state index in [1.807, 2.05) is 36.5 Å². The van der Waals surface area contributed by atoms with Crippen LogP contribution in [0.5, 0.6) is 5.75 Å². The van der Waals surface area contributed by atoms with Gasteiger partial charge in [0.25, 0.3) is 0 Å². The average molecular weight is 826 g/mol. The molecule has 0 atom stereocenters. The van der Waals surface area contributed by atoms with Crippen molar-refractivity contribution in [2.24, 2.45) is 0 Å². The zero-order valence-electron chi connectivity index (χ0n) is 28.2. The molecule has 0 unspecified atom stereocenters. The van der Waals surface area contributed by atoms with Gasteiger partial charge in [-0.1, -0.05) is 101 Å². The zero-order valence-corrected chi connectivity index (χ0v) is 31.5. The number of hydrogen-bond donors (Lipinski definition) is 1. The summed E-state index contributed by atoms with van der Waals surface area (Å²) in [5.74, 6) is 1.06. The number of para-hydroxylation sites is 3. The van der Waals surface area contributed by atoms with E-state index >= 15 is 0 Å². The van der Waals surface area contributed by atoms with E-state index in [0.29, 0.717) is 17.5 Å². The minimum atomic E-state index is -2.26. The maximum atomic E-state index is 10.8. The van der Waals surface area contributed by atoms with Crippen molar-refractivity contribution in [1.29, 1.82) is 0 Å². The third-order valence-corrected chi connectivity index (χ3v) is 12.6. The number of phenols is 1. The topological polar surface area (TPSA) is 50.9 Å². The quantitative estimate of drug-likeness (QED) is 0.129. The predicted molar refractivity (Wildman–Crippen MR) is 199 cm³/mol. The van der Waals surface area contributed by atoms with Crippen LogP contribution in [-0.2, 0) is 21.1 Å². The molecule has 7 rings (SSSR count). The van der Waals surface area contributed by atoms with E-state index in [9.17, 15) is 5.11 Å². The van der Waals surface area contributed by atoms with Crippen molar-refractivity contribution in [2.45, 2.75) is 52.6 Å². The molecule has 1 N–H and O–H groups in total. The van der Waals surface area contributed by atoms with Crippen molar-refractivity contribution in [3.8, 4) is 33.8 Å². The third kappa shape index (κ3) is 5.84. The standard InChI is InChI=1S/C42H40N3OSi.Pt/c1-27(2)32-16-12-17-33(28(3)4)41(32)30-23-24-43-40(26-30)47(5,6)31-14-11-13-29(25-31)36-22-21-35-34-15-7-8-18-37(34)45(42(35)44-36)38-19-9-10-20-39(38)46;/h7-24,26-28,46H,1-6H3;/q-1;. The van der Waals surface area contributed by atoms with Crippen LogP contribution in [0.1, 0.15) is 50.7 Å². The van der Waals surface area contributed by atoms with Gasteiger partial charge in [-0.15, -0.1) is 35.0 Å². The fraction of sp³-hybridized carbons (Fsp3) is 0.190. The number of benzene rings is 4. The van der Waals surface area contributed by atoms with E-state index in [1.165, 1.54) is 27.4 Å². The molecule has 244 valence electrons. The molecule has 0 amide bonds. The summed E-state index contributed by atoms with van der Waals surface area (Å²) in [7, 11) is -2.26. The molecule has 0 radical (unpaired) electrons. The summed E-state index contributed by atoms with van der Waals surface area (Å²) in [6.07, 6.45) is 1.98. The van der Waals surface area contributed by atoms with Gasteiger partial charge in [-0.2, -0.15) is 0 Å². The molecule has 4 aromatic carbocycles. The fourth-order valence-corrected chi connectivity index (χ4v) is 8.97. The van der Waals surface area contributed by atoms with Crippen LogP contribution < -0.4 is 10.5 Å². The molecule has 0 fully saturated rings. The Morgan fingerprint density at radius 1 is 0.729 bits per heavy atom. The first-order chi connectivity index (χ1) is 22.6. The van der Waals surface area contributed by atoms with Gasteiger partial charge in [0.1, 0.15) is 19.5 Å².